The van der Waals surface area contributed by atoms with E-state index >= 15 is 0 Å². The molecule has 1 unspecified atom stereocenters. The number of halogens is 3. The molecule has 0 saturated carbocycles. The Morgan fingerprint density at radius 1 is 1.33 bits per heavy atom. The van der Waals surface area contributed by atoms with E-state index in [2.05, 4.69) is 17.6 Å². The van der Waals surface area contributed by atoms with Gasteiger partial charge in [0.25, 0.3) is 6.43 Å². The summed E-state index contributed by atoms with van der Waals surface area (Å²) in [6, 6.07) is 4.30. The Hall–Kier alpha value is -1.36. The van der Waals surface area contributed by atoms with E-state index in [0.717, 1.165) is 48.8 Å². The average molecular weight is 538 g/mol. The van der Waals surface area contributed by atoms with Crippen molar-refractivity contribution >= 4 is 29.9 Å². The molecule has 1 fully saturated rings. The van der Waals surface area contributed by atoms with Crippen LogP contribution in [0.25, 0.3) is 0 Å². The first-order chi connectivity index (χ1) is 14.0. The lowest BCUT2D eigenvalue weighted by Crippen LogP contribution is -2.49. The van der Waals surface area contributed by atoms with Gasteiger partial charge in [0.05, 0.1) is 20.2 Å². The molecule has 2 heterocycles. The molecule has 1 atom stereocenters. The number of methoxy groups -OCH3 is 1. The lowest BCUT2D eigenvalue weighted by atomic mass is 10.1. The Kier molecular flexibility index (Phi) is 9.86. The summed E-state index contributed by atoms with van der Waals surface area (Å²) in [4.78, 5) is 6.55. The third kappa shape index (κ3) is 6.83. The highest BCUT2D eigenvalue weighted by atomic mass is 127. The minimum atomic E-state index is -2.27. The van der Waals surface area contributed by atoms with Gasteiger partial charge in [-0.25, -0.2) is 13.8 Å². The van der Waals surface area contributed by atoms with Crippen LogP contribution in [-0.4, -0.2) is 62.7 Å². The number of aliphatic imine (C=N–C) groups is 1. The van der Waals surface area contributed by atoms with Crippen molar-refractivity contribution in [1.29, 1.82) is 0 Å². The number of piperidine rings is 1. The summed E-state index contributed by atoms with van der Waals surface area (Å²) in [6.45, 7) is 6.51. The molecule has 0 radical (unpaired) electrons. The van der Waals surface area contributed by atoms with Crippen molar-refractivity contribution in [2.75, 3.05) is 33.3 Å². The fourth-order valence-electron chi connectivity index (χ4n) is 3.93. The number of hydrogen-bond donors (Lipinski definition) is 2. The van der Waals surface area contributed by atoms with Gasteiger partial charge in [-0.15, -0.1) is 24.0 Å². The smallest absolute Gasteiger partial charge is 0.251 e. The van der Waals surface area contributed by atoms with Gasteiger partial charge in [-0.3, -0.25) is 4.90 Å². The van der Waals surface area contributed by atoms with E-state index in [1.165, 1.54) is 5.56 Å². The number of hydrogen-bond acceptors (Lipinski definition) is 4. The summed E-state index contributed by atoms with van der Waals surface area (Å²) >= 11 is 0. The molecule has 0 aliphatic carbocycles. The molecule has 3 rings (SSSR count). The highest BCUT2D eigenvalue weighted by Gasteiger charge is 2.23. The molecule has 1 aromatic rings. The van der Waals surface area contributed by atoms with E-state index in [-0.39, 0.29) is 42.7 Å². The van der Waals surface area contributed by atoms with Gasteiger partial charge < -0.3 is 20.1 Å². The molecule has 1 saturated heterocycles. The van der Waals surface area contributed by atoms with Crippen molar-refractivity contribution in [2.45, 2.75) is 58.2 Å². The SMILES string of the molecule is CCNC(=NCc1cc2c(cc1OC)CC(C)O2)NC1CCN(CC(F)F)CC1.I. The fraction of sp³-hybridized carbons (Fsp3) is 0.667. The summed E-state index contributed by atoms with van der Waals surface area (Å²) in [6.07, 6.45) is 0.454. The molecule has 6 nitrogen and oxygen atoms in total. The largest absolute Gasteiger partial charge is 0.496 e. The molecule has 2 aliphatic heterocycles. The number of ether oxygens (including phenoxy) is 2. The zero-order valence-corrected chi connectivity index (χ0v) is 20.2. The fourth-order valence-corrected chi connectivity index (χ4v) is 3.93. The van der Waals surface area contributed by atoms with E-state index in [1.807, 2.05) is 24.0 Å². The molecule has 0 spiro atoms. The van der Waals surface area contributed by atoms with Crippen molar-refractivity contribution in [3.05, 3.63) is 23.3 Å². The molecule has 30 heavy (non-hydrogen) atoms. The van der Waals surface area contributed by atoms with Gasteiger partial charge in [0.1, 0.15) is 17.6 Å². The number of alkyl halides is 2. The first-order valence-electron chi connectivity index (χ1n) is 10.4. The number of guanidine groups is 1. The quantitative estimate of drug-likeness (QED) is 0.317. The summed E-state index contributed by atoms with van der Waals surface area (Å²) < 4.78 is 36.5. The van der Waals surface area contributed by atoms with Crippen LogP contribution in [0.2, 0.25) is 0 Å². The molecule has 0 amide bonds. The lowest BCUT2D eigenvalue weighted by Gasteiger charge is -2.32. The highest BCUT2D eigenvalue weighted by molar-refractivity contribution is 14.0. The monoisotopic (exact) mass is 538 g/mol. The molecule has 9 heteroatoms. The van der Waals surface area contributed by atoms with Crippen LogP contribution in [0, 0.1) is 0 Å². The third-order valence-electron chi connectivity index (χ3n) is 5.38. The highest BCUT2D eigenvalue weighted by Crippen LogP contribution is 2.35. The van der Waals surface area contributed by atoms with E-state index in [0.29, 0.717) is 19.6 Å². The number of nitrogens with one attached hydrogen (secondary N) is 2. The van der Waals surface area contributed by atoms with Gasteiger partial charge in [-0.1, -0.05) is 0 Å². The van der Waals surface area contributed by atoms with Crippen LogP contribution in [0.1, 0.15) is 37.8 Å². The van der Waals surface area contributed by atoms with E-state index in [4.69, 9.17) is 14.5 Å². The second kappa shape index (κ2) is 11.9. The summed E-state index contributed by atoms with van der Waals surface area (Å²) in [5.41, 5.74) is 2.15. The number of benzene rings is 1. The predicted octanol–water partition coefficient (Wildman–Crippen LogP) is 3.42. The van der Waals surface area contributed by atoms with Gasteiger partial charge in [0.15, 0.2) is 5.96 Å². The molecule has 170 valence electrons. The van der Waals surface area contributed by atoms with Crippen molar-refractivity contribution in [1.82, 2.24) is 15.5 Å². The van der Waals surface area contributed by atoms with Crippen molar-refractivity contribution in [2.24, 2.45) is 4.99 Å². The normalized spacial score (nSPS) is 19.8. The molecule has 2 N–H and O–H groups in total. The number of likely N-dealkylation sites (tertiary alicyclic amines) is 1. The van der Waals surface area contributed by atoms with Crippen LogP contribution < -0.4 is 20.1 Å². The Morgan fingerprint density at radius 3 is 2.70 bits per heavy atom. The van der Waals surface area contributed by atoms with Crippen LogP contribution in [0.3, 0.4) is 0 Å². The van der Waals surface area contributed by atoms with Crippen LogP contribution in [0.5, 0.6) is 11.5 Å². The topological polar surface area (TPSA) is 58.1 Å². The maximum atomic E-state index is 12.5. The first kappa shape index (κ1) is 24.9. The number of rotatable bonds is 7. The second-order valence-corrected chi connectivity index (χ2v) is 7.71. The van der Waals surface area contributed by atoms with Crippen molar-refractivity contribution in [3.63, 3.8) is 0 Å². The second-order valence-electron chi connectivity index (χ2n) is 7.71. The number of fused-ring (bicyclic) bond motifs is 1. The molecule has 2 aliphatic rings. The van der Waals surface area contributed by atoms with E-state index in [9.17, 15) is 8.78 Å². The molecular formula is C21H33F2IN4O2. The lowest BCUT2D eigenvalue weighted by molar-refractivity contribution is 0.0744. The van der Waals surface area contributed by atoms with Crippen LogP contribution in [0.15, 0.2) is 17.1 Å². The van der Waals surface area contributed by atoms with Gasteiger partial charge in [-0.2, -0.15) is 0 Å². The molecular weight excluding hydrogens is 505 g/mol. The Morgan fingerprint density at radius 2 is 2.07 bits per heavy atom. The van der Waals surface area contributed by atoms with Crippen LogP contribution in [-0.2, 0) is 13.0 Å². The predicted molar refractivity (Wildman–Crippen MR) is 126 cm³/mol. The van der Waals surface area contributed by atoms with Crippen LogP contribution in [0.4, 0.5) is 8.78 Å². The summed E-state index contributed by atoms with van der Waals surface area (Å²) in [5.74, 6) is 2.46. The molecule has 1 aromatic carbocycles. The third-order valence-corrected chi connectivity index (χ3v) is 5.38. The maximum absolute atomic E-state index is 12.5. The standard InChI is InChI=1S/C21H32F2N4O2.HI/c1-4-24-21(26-17-5-7-27(8-6-17)13-20(22)23)25-12-16-11-19-15(9-14(2)29-19)10-18(16)28-3;/h10-11,14,17,20H,4-9,12-13H2,1-3H3,(H2,24,25,26);1H. The number of nitrogens with zero attached hydrogens (tertiary/aromatic N) is 2. The first-order valence-corrected chi connectivity index (χ1v) is 10.4. The minimum Gasteiger partial charge on any atom is -0.496 e. The van der Waals surface area contributed by atoms with Gasteiger partial charge in [-0.05, 0) is 38.8 Å². The Bertz CT molecular complexity index is 712. The summed E-state index contributed by atoms with van der Waals surface area (Å²) in [7, 11) is 1.67. The summed E-state index contributed by atoms with van der Waals surface area (Å²) in [5, 5.41) is 6.72. The zero-order chi connectivity index (χ0) is 20.8. The zero-order valence-electron chi connectivity index (χ0n) is 17.9. The van der Waals surface area contributed by atoms with Crippen LogP contribution >= 0.6 is 24.0 Å². The molecule has 0 bridgehead atoms. The van der Waals surface area contributed by atoms with Crippen molar-refractivity contribution in [3.8, 4) is 11.5 Å². The Labute approximate surface area is 194 Å². The molecule has 0 aromatic heterocycles. The van der Waals surface area contributed by atoms with Gasteiger partial charge in [0, 0.05) is 43.2 Å². The van der Waals surface area contributed by atoms with Crippen molar-refractivity contribution < 1.29 is 18.3 Å². The maximum Gasteiger partial charge on any atom is 0.251 e. The average Bonchev–Trinajstić information content (AvgIpc) is 3.05. The van der Waals surface area contributed by atoms with Gasteiger partial charge in [0.2, 0.25) is 0 Å². The van der Waals surface area contributed by atoms with Gasteiger partial charge >= 0.3 is 0 Å². The Balaban J connectivity index is 0.00000320. The minimum absolute atomic E-state index is 0. The van der Waals surface area contributed by atoms with E-state index < -0.39 is 6.43 Å². The van der Waals surface area contributed by atoms with E-state index in [1.54, 1.807) is 7.11 Å².